The number of rotatable bonds is 9. The molecule has 0 N–H and O–H groups in total. The molecule has 2 amide bonds. The lowest BCUT2D eigenvalue weighted by Gasteiger charge is -2.35. The number of anilines is 1. The number of benzene rings is 2. The van der Waals surface area contributed by atoms with Gasteiger partial charge in [-0.25, -0.2) is 32.5 Å². The SMILES string of the molecule is CC(C)C(CS(=O)(=O)N1CCN(c2ncc(-c3ccc(F)cc3)cn2)CC1)C(=O)N1C(=O)OCC1Cc1ccccc1. The molecule has 5 rings (SSSR count). The molecule has 3 heterocycles. The Kier molecular flexibility index (Phi) is 8.83. The van der Waals surface area contributed by atoms with Crippen molar-refractivity contribution in [1.29, 1.82) is 0 Å². The number of carbonyl (C=O) groups excluding carboxylic acids is 2. The molecule has 2 aromatic carbocycles. The minimum Gasteiger partial charge on any atom is -0.447 e. The summed E-state index contributed by atoms with van der Waals surface area (Å²) >= 11 is 0. The summed E-state index contributed by atoms with van der Waals surface area (Å²) in [4.78, 5) is 38.1. The number of nitrogens with zero attached hydrogens (tertiary/aromatic N) is 5. The van der Waals surface area contributed by atoms with Crippen molar-refractivity contribution >= 4 is 28.0 Å². The molecule has 2 fully saturated rings. The molecule has 0 aliphatic carbocycles. The molecule has 10 nitrogen and oxygen atoms in total. The summed E-state index contributed by atoms with van der Waals surface area (Å²) in [5.74, 6) is -1.98. The van der Waals surface area contributed by atoms with E-state index in [1.54, 1.807) is 38.4 Å². The van der Waals surface area contributed by atoms with Gasteiger partial charge in [0.1, 0.15) is 12.4 Å². The Morgan fingerprint density at radius 1 is 0.976 bits per heavy atom. The first-order valence-corrected chi connectivity index (χ1v) is 15.6. The smallest absolute Gasteiger partial charge is 0.416 e. The van der Waals surface area contributed by atoms with Crippen LogP contribution in [0, 0.1) is 17.7 Å². The molecule has 2 unspecified atom stereocenters. The number of piperazine rings is 1. The third-order valence-electron chi connectivity index (χ3n) is 7.76. The summed E-state index contributed by atoms with van der Waals surface area (Å²) < 4.78 is 46.8. The summed E-state index contributed by atoms with van der Waals surface area (Å²) in [6.45, 7) is 4.85. The third kappa shape index (κ3) is 6.60. The number of imide groups is 1. The number of hydrogen-bond donors (Lipinski definition) is 0. The lowest BCUT2D eigenvalue weighted by molar-refractivity contribution is -0.134. The van der Waals surface area contributed by atoms with E-state index in [4.69, 9.17) is 4.74 Å². The second kappa shape index (κ2) is 12.5. The van der Waals surface area contributed by atoms with E-state index < -0.39 is 39.7 Å². The van der Waals surface area contributed by atoms with Crippen molar-refractivity contribution in [3.63, 3.8) is 0 Å². The van der Waals surface area contributed by atoms with E-state index >= 15 is 0 Å². The number of ether oxygens (including phenoxy) is 1. The predicted molar refractivity (Wildman–Crippen MR) is 155 cm³/mol. The highest BCUT2D eigenvalue weighted by molar-refractivity contribution is 7.89. The van der Waals surface area contributed by atoms with Gasteiger partial charge in [0.2, 0.25) is 21.9 Å². The van der Waals surface area contributed by atoms with Crippen LogP contribution in [0.5, 0.6) is 0 Å². The molecular formula is C30H34FN5O5S. The molecule has 1 aromatic heterocycles. The molecule has 2 aliphatic rings. The number of hydrogen-bond acceptors (Lipinski definition) is 8. The normalized spacial score (nSPS) is 18.8. The number of carbonyl (C=O) groups is 2. The minimum absolute atomic E-state index is 0.0753. The highest BCUT2D eigenvalue weighted by atomic mass is 32.2. The lowest BCUT2D eigenvalue weighted by Crippen LogP contribution is -2.52. The van der Waals surface area contributed by atoms with Gasteiger partial charge in [-0.15, -0.1) is 0 Å². The Bertz CT molecular complexity index is 1500. The molecule has 0 saturated carbocycles. The molecule has 12 heteroatoms. The molecule has 2 atom stereocenters. The van der Waals surface area contributed by atoms with E-state index in [2.05, 4.69) is 9.97 Å². The van der Waals surface area contributed by atoms with Gasteiger partial charge in [0.15, 0.2) is 0 Å². The fraction of sp³-hybridized carbons (Fsp3) is 0.400. The minimum atomic E-state index is -3.81. The van der Waals surface area contributed by atoms with Crippen LogP contribution >= 0.6 is 0 Å². The van der Waals surface area contributed by atoms with Crippen molar-refractivity contribution in [2.75, 3.05) is 43.4 Å². The molecule has 42 heavy (non-hydrogen) atoms. The fourth-order valence-electron chi connectivity index (χ4n) is 5.27. The van der Waals surface area contributed by atoms with Crippen molar-refractivity contribution < 1.29 is 27.1 Å². The van der Waals surface area contributed by atoms with Gasteiger partial charge in [0.05, 0.1) is 17.7 Å². The Labute approximate surface area is 245 Å². The molecule has 2 aliphatic heterocycles. The second-order valence-corrected chi connectivity index (χ2v) is 12.9. The van der Waals surface area contributed by atoms with Crippen LogP contribution in [-0.4, -0.2) is 84.2 Å². The zero-order valence-corrected chi connectivity index (χ0v) is 24.4. The lowest BCUT2D eigenvalue weighted by atomic mass is 9.95. The van der Waals surface area contributed by atoms with Gasteiger partial charge in [-0.1, -0.05) is 56.3 Å². The Balaban J connectivity index is 1.22. The number of cyclic esters (lactones) is 1. The Morgan fingerprint density at radius 2 is 1.62 bits per heavy atom. The highest BCUT2D eigenvalue weighted by Gasteiger charge is 2.43. The van der Waals surface area contributed by atoms with Crippen LogP contribution in [0.25, 0.3) is 11.1 Å². The largest absolute Gasteiger partial charge is 0.447 e. The maximum absolute atomic E-state index is 13.6. The monoisotopic (exact) mass is 595 g/mol. The van der Waals surface area contributed by atoms with Gasteiger partial charge in [0.25, 0.3) is 0 Å². The summed E-state index contributed by atoms with van der Waals surface area (Å²) in [5, 5.41) is 0. The number of halogens is 1. The average molecular weight is 596 g/mol. The summed E-state index contributed by atoms with van der Waals surface area (Å²) in [5.41, 5.74) is 2.50. The van der Waals surface area contributed by atoms with Crippen LogP contribution in [0.4, 0.5) is 15.1 Å². The zero-order valence-electron chi connectivity index (χ0n) is 23.6. The van der Waals surface area contributed by atoms with Gasteiger partial charge in [-0.3, -0.25) is 4.79 Å². The topological polar surface area (TPSA) is 113 Å². The van der Waals surface area contributed by atoms with Gasteiger partial charge in [0, 0.05) is 44.1 Å². The third-order valence-corrected chi connectivity index (χ3v) is 9.69. The van der Waals surface area contributed by atoms with E-state index in [0.717, 1.165) is 21.6 Å². The molecule has 0 radical (unpaired) electrons. The van der Waals surface area contributed by atoms with Gasteiger partial charge >= 0.3 is 6.09 Å². The van der Waals surface area contributed by atoms with E-state index in [9.17, 15) is 22.4 Å². The number of amides is 2. The van der Waals surface area contributed by atoms with Crippen LogP contribution in [0.3, 0.4) is 0 Å². The van der Waals surface area contributed by atoms with Crippen LogP contribution in [0.1, 0.15) is 19.4 Å². The first-order chi connectivity index (χ1) is 20.1. The van der Waals surface area contributed by atoms with Crippen LogP contribution in [0.15, 0.2) is 67.0 Å². The first-order valence-electron chi connectivity index (χ1n) is 14.0. The number of sulfonamides is 1. The fourth-order valence-corrected chi connectivity index (χ4v) is 7.18. The van der Waals surface area contributed by atoms with Crippen LogP contribution in [0.2, 0.25) is 0 Å². The maximum Gasteiger partial charge on any atom is 0.416 e. The van der Waals surface area contributed by atoms with Crippen LogP contribution < -0.4 is 4.90 Å². The first kappa shape index (κ1) is 29.6. The van der Waals surface area contributed by atoms with Crippen molar-refractivity contribution in [2.24, 2.45) is 11.8 Å². The maximum atomic E-state index is 13.6. The quantitative estimate of drug-likeness (QED) is 0.369. The molecule has 0 bridgehead atoms. The predicted octanol–water partition coefficient (Wildman–Crippen LogP) is 3.60. The summed E-state index contributed by atoms with van der Waals surface area (Å²) in [7, 11) is -3.81. The van der Waals surface area contributed by atoms with Crippen LogP contribution in [-0.2, 0) is 26.0 Å². The molecule has 222 valence electrons. The van der Waals surface area contributed by atoms with Gasteiger partial charge in [-0.05, 0) is 35.6 Å². The summed E-state index contributed by atoms with van der Waals surface area (Å²) in [6.07, 6.45) is 3.02. The molecular weight excluding hydrogens is 561 g/mol. The van der Waals surface area contributed by atoms with E-state index in [1.807, 2.05) is 35.2 Å². The molecule has 0 spiro atoms. The highest BCUT2D eigenvalue weighted by Crippen LogP contribution is 2.26. The van der Waals surface area contributed by atoms with E-state index in [1.165, 1.54) is 16.4 Å². The second-order valence-electron chi connectivity index (χ2n) is 10.9. The van der Waals surface area contributed by atoms with Gasteiger partial charge < -0.3 is 9.64 Å². The van der Waals surface area contributed by atoms with E-state index in [-0.39, 0.29) is 31.4 Å². The summed E-state index contributed by atoms with van der Waals surface area (Å²) in [6, 6.07) is 15.1. The van der Waals surface area contributed by atoms with E-state index in [0.29, 0.717) is 25.5 Å². The Hall–Kier alpha value is -3.90. The molecule has 3 aromatic rings. The zero-order chi connectivity index (χ0) is 29.9. The van der Waals surface area contributed by atoms with Crippen molar-refractivity contribution in [3.8, 4) is 11.1 Å². The average Bonchev–Trinajstić information content (AvgIpc) is 3.36. The number of aromatic nitrogens is 2. The molecule has 2 saturated heterocycles. The van der Waals surface area contributed by atoms with Crippen molar-refractivity contribution in [2.45, 2.75) is 26.3 Å². The van der Waals surface area contributed by atoms with Crippen molar-refractivity contribution in [3.05, 3.63) is 78.4 Å². The van der Waals surface area contributed by atoms with Crippen molar-refractivity contribution in [1.82, 2.24) is 19.2 Å². The standard InChI is InChI=1S/C30H34FN5O5S/c1-21(2)27(28(37)36-26(19-41-30(36)38)16-22-6-4-3-5-7-22)20-42(39,40)35-14-12-34(13-15-35)29-32-17-24(18-33-29)23-8-10-25(31)11-9-23/h3-11,17-18,21,26-27H,12-16,19-20H2,1-2H3. The van der Waals surface area contributed by atoms with Gasteiger partial charge in [-0.2, -0.15) is 4.31 Å². The Morgan fingerprint density at radius 3 is 2.24 bits per heavy atom.